The number of nitrogens with one attached hydrogen (secondary N) is 1. The Bertz CT molecular complexity index is 303. The Kier molecular flexibility index (Phi) is 4.19. The Morgan fingerprint density at radius 2 is 2.00 bits per heavy atom. The van der Waals surface area contributed by atoms with Crippen LogP contribution in [0.25, 0.3) is 0 Å². The van der Waals surface area contributed by atoms with E-state index >= 15 is 0 Å². The highest BCUT2D eigenvalue weighted by Crippen LogP contribution is 2.25. The van der Waals surface area contributed by atoms with Crippen molar-refractivity contribution in [2.75, 3.05) is 24.3 Å². The summed E-state index contributed by atoms with van der Waals surface area (Å²) in [6.45, 7) is -0.235. The van der Waals surface area contributed by atoms with E-state index in [0.717, 1.165) is 10.2 Å². The SMILES string of the molecule is Nc1ccc(NC(CO)CO)c(Br)c1. The highest BCUT2D eigenvalue weighted by molar-refractivity contribution is 9.10. The Morgan fingerprint density at radius 3 is 2.50 bits per heavy atom. The number of aliphatic hydroxyl groups is 2. The lowest BCUT2D eigenvalue weighted by molar-refractivity contribution is 0.204. The number of nitrogen functional groups attached to an aromatic ring is 1. The minimum absolute atomic E-state index is 0.118. The molecule has 4 nitrogen and oxygen atoms in total. The largest absolute Gasteiger partial charge is 0.399 e. The van der Waals surface area contributed by atoms with E-state index in [1.165, 1.54) is 0 Å². The van der Waals surface area contributed by atoms with Crippen LogP contribution in [0, 0.1) is 0 Å². The van der Waals surface area contributed by atoms with Crippen molar-refractivity contribution in [3.8, 4) is 0 Å². The van der Waals surface area contributed by atoms with Crippen molar-refractivity contribution in [2.24, 2.45) is 0 Å². The van der Waals surface area contributed by atoms with Gasteiger partial charge in [-0.05, 0) is 34.1 Å². The summed E-state index contributed by atoms with van der Waals surface area (Å²) in [5.74, 6) is 0. The molecule has 0 amide bonds. The first kappa shape index (κ1) is 11.3. The van der Waals surface area contributed by atoms with Crippen molar-refractivity contribution in [2.45, 2.75) is 6.04 Å². The van der Waals surface area contributed by atoms with Gasteiger partial charge in [0.1, 0.15) is 0 Å². The van der Waals surface area contributed by atoms with Crippen molar-refractivity contribution in [3.63, 3.8) is 0 Å². The number of nitrogens with two attached hydrogens (primary N) is 1. The minimum Gasteiger partial charge on any atom is -0.399 e. The average molecular weight is 261 g/mol. The van der Waals surface area contributed by atoms with E-state index in [1.54, 1.807) is 18.2 Å². The Labute approximate surface area is 90.9 Å². The summed E-state index contributed by atoms with van der Waals surface area (Å²) in [4.78, 5) is 0. The van der Waals surface area contributed by atoms with Gasteiger partial charge in [0.15, 0.2) is 0 Å². The summed E-state index contributed by atoms with van der Waals surface area (Å²) in [7, 11) is 0. The van der Waals surface area contributed by atoms with Gasteiger partial charge in [-0.15, -0.1) is 0 Å². The first-order valence-electron chi connectivity index (χ1n) is 4.20. The van der Waals surface area contributed by atoms with Crippen LogP contribution >= 0.6 is 15.9 Å². The third kappa shape index (κ3) is 2.87. The van der Waals surface area contributed by atoms with Crippen LogP contribution in [0.4, 0.5) is 11.4 Å². The van der Waals surface area contributed by atoms with Crippen molar-refractivity contribution in [1.29, 1.82) is 0 Å². The highest BCUT2D eigenvalue weighted by Gasteiger charge is 2.07. The molecule has 0 saturated heterocycles. The van der Waals surface area contributed by atoms with Crippen LogP contribution in [-0.2, 0) is 0 Å². The predicted molar refractivity (Wildman–Crippen MR) is 60.1 cm³/mol. The van der Waals surface area contributed by atoms with Crippen LogP contribution in [0.3, 0.4) is 0 Å². The molecule has 0 aromatic heterocycles. The molecule has 0 saturated carbocycles. The van der Waals surface area contributed by atoms with E-state index in [4.69, 9.17) is 15.9 Å². The summed E-state index contributed by atoms with van der Waals surface area (Å²) in [6, 6.07) is 4.94. The molecule has 5 N–H and O–H groups in total. The lowest BCUT2D eigenvalue weighted by atomic mass is 10.2. The first-order valence-corrected chi connectivity index (χ1v) is 5.00. The molecule has 0 aliphatic heterocycles. The molecular formula is C9H13BrN2O2. The summed E-state index contributed by atoms with van der Waals surface area (Å²) < 4.78 is 0.810. The standard InChI is InChI=1S/C9H13BrN2O2/c10-8-3-6(11)1-2-9(8)12-7(4-13)5-14/h1-3,7,12-14H,4-5,11H2. The van der Waals surface area contributed by atoms with Crippen LogP contribution in [0.2, 0.25) is 0 Å². The fraction of sp³-hybridized carbons (Fsp3) is 0.333. The summed E-state index contributed by atoms with van der Waals surface area (Å²) in [6.07, 6.45) is 0. The van der Waals surface area contributed by atoms with Crippen molar-refractivity contribution in [3.05, 3.63) is 22.7 Å². The molecule has 1 aromatic rings. The van der Waals surface area contributed by atoms with Gasteiger partial charge >= 0.3 is 0 Å². The van der Waals surface area contributed by atoms with Crippen LogP contribution in [0.15, 0.2) is 22.7 Å². The lowest BCUT2D eigenvalue weighted by Gasteiger charge is -2.16. The van der Waals surface area contributed by atoms with Gasteiger partial charge in [-0.1, -0.05) is 0 Å². The van der Waals surface area contributed by atoms with Gasteiger partial charge in [-0.2, -0.15) is 0 Å². The number of benzene rings is 1. The van der Waals surface area contributed by atoms with E-state index in [1.807, 2.05) is 0 Å². The molecule has 0 aliphatic carbocycles. The fourth-order valence-corrected chi connectivity index (χ4v) is 1.53. The molecular weight excluding hydrogens is 248 g/mol. The zero-order valence-electron chi connectivity index (χ0n) is 7.57. The van der Waals surface area contributed by atoms with Gasteiger partial charge < -0.3 is 21.3 Å². The maximum Gasteiger partial charge on any atom is 0.0723 e. The Hall–Kier alpha value is -0.780. The van der Waals surface area contributed by atoms with E-state index in [0.29, 0.717) is 5.69 Å². The number of aliphatic hydroxyl groups excluding tert-OH is 2. The minimum atomic E-state index is -0.352. The molecule has 1 rings (SSSR count). The second-order valence-corrected chi connectivity index (χ2v) is 3.80. The van der Waals surface area contributed by atoms with Gasteiger partial charge in [0.05, 0.1) is 19.3 Å². The summed E-state index contributed by atoms with van der Waals surface area (Å²) >= 11 is 3.33. The molecule has 0 fully saturated rings. The second kappa shape index (κ2) is 5.19. The maximum atomic E-state index is 8.87. The number of hydrogen-bond acceptors (Lipinski definition) is 4. The van der Waals surface area contributed by atoms with Gasteiger partial charge in [0, 0.05) is 15.8 Å². The normalized spacial score (nSPS) is 10.6. The van der Waals surface area contributed by atoms with Gasteiger partial charge in [-0.25, -0.2) is 0 Å². The Balaban J connectivity index is 2.76. The third-order valence-corrected chi connectivity index (χ3v) is 2.45. The van der Waals surface area contributed by atoms with Crippen molar-refractivity contribution < 1.29 is 10.2 Å². The summed E-state index contributed by atoms with van der Waals surface area (Å²) in [5, 5.41) is 20.7. The molecule has 78 valence electrons. The van der Waals surface area contributed by atoms with Crippen LogP contribution in [0.1, 0.15) is 0 Å². The third-order valence-electron chi connectivity index (χ3n) is 1.79. The van der Waals surface area contributed by atoms with Gasteiger partial charge in [0.2, 0.25) is 0 Å². The number of halogens is 1. The predicted octanol–water partition coefficient (Wildman–Crippen LogP) is 0.796. The zero-order valence-corrected chi connectivity index (χ0v) is 9.16. The quantitative estimate of drug-likeness (QED) is 0.604. The van der Waals surface area contributed by atoms with Crippen LogP contribution in [0.5, 0.6) is 0 Å². The van der Waals surface area contributed by atoms with Crippen molar-refractivity contribution in [1.82, 2.24) is 0 Å². The zero-order chi connectivity index (χ0) is 10.6. The molecule has 0 unspecified atom stereocenters. The van der Waals surface area contributed by atoms with E-state index in [9.17, 15) is 0 Å². The molecule has 0 heterocycles. The van der Waals surface area contributed by atoms with Crippen LogP contribution in [-0.4, -0.2) is 29.5 Å². The van der Waals surface area contributed by atoms with E-state index in [-0.39, 0.29) is 19.3 Å². The first-order chi connectivity index (χ1) is 6.67. The van der Waals surface area contributed by atoms with Crippen LogP contribution < -0.4 is 11.1 Å². The molecule has 5 heteroatoms. The number of rotatable bonds is 4. The molecule has 1 aromatic carbocycles. The van der Waals surface area contributed by atoms with E-state index in [2.05, 4.69) is 21.2 Å². The molecule has 0 spiro atoms. The Morgan fingerprint density at radius 1 is 1.36 bits per heavy atom. The average Bonchev–Trinajstić information content (AvgIpc) is 2.17. The smallest absolute Gasteiger partial charge is 0.0723 e. The van der Waals surface area contributed by atoms with Gasteiger partial charge in [-0.3, -0.25) is 0 Å². The topological polar surface area (TPSA) is 78.5 Å². The molecule has 0 atom stereocenters. The maximum absolute atomic E-state index is 8.87. The second-order valence-electron chi connectivity index (χ2n) is 2.95. The van der Waals surface area contributed by atoms with E-state index < -0.39 is 0 Å². The molecule has 14 heavy (non-hydrogen) atoms. The van der Waals surface area contributed by atoms with Crippen molar-refractivity contribution >= 4 is 27.3 Å². The lowest BCUT2D eigenvalue weighted by Crippen LogP contribution is -2.27. The molecule has 0 aliphatic rings. The number of anilines is 2. The molecule has 0 radical (unpaired) electrons. The molecule has 0 bridgehead atoms. The monoisotopic (exact) mass is 260 g/mol. The highest BCUT2D eigenvalue weighted by atomic mass is 79.9. The fourth-order valence-electron chi connectivity index (χ4n) is 1.02. The van der Waals surface area contributed by atoms with Gasteiger partial charge in [0.25, 0.3) is 0 Å². The summed E-state index contributed by atoms with van der Waals surface area (Å²) in [5.41, 5.74) is 7.02. The number of hydrogen-bond donors (Lipinski definition) is 4.